The van der Waals surface area contributed by atoms with Crippen molar-refractivity contribution in [3.63, 3.8) is 0 Å². The van der Waals surface area contributed by atoms with Gasteiger partial charge in [0, 0.05) is 29.8 Å². The molecule has 10 heteroatoms. The molecular weight excluding hydrogens is 341 g/mol. The molecule has 0 fully saturated rings. The van der Waals surface area contributed by atoms with E-state index < -0.39 is 4.99 Å². The van der Waals surface area contributed by atoms with Crippen LogP contribution in [0.2, 0.25) is 0 Å². The van der Waals surface area contributed by atoms with Crippen LogP contribution in [0.3, 0.4) is 0 Å². The Balaban J connectivity index is 2.86. The lowest BCUT2D eigenvalue weighted by Crippen LogP contribution is -2.23. The summed E-state index contributed by atoms with van der Waals surface area (Å²) in [5.41, 5.74) is -0.146. The lowest BCUT2D eigenvalue weighted by molar-refractivity contribution is 0.502. The molecule has 0 bridgehead atoms. The van der Waals surface area contributed by atoms with Gasteiger partial charge in [-0.25, -0.2) is 0 Å². The first-order valence-electron chi connectivity index (χ1n) is 6.10. The Morgan fingerprint density at radius 2 is 2.00 bits per heavy atom. The van der Waals surface area contributed by atoms with E-state index in [-0.39, 0.29) is 5.56 Å². The molecule has 1 aromatic rings. The van der Waals surface area contributed by atoms with Crippen molar-refractivity contribution in [1.82, 2.24) is 3.36 Å². The summed E-state index contributed by atoms with van der Waals surface area (Å²) < 4.78 is 8.03. The highest BCUT2D eigenvalue weighted by atomic mass is 35.5. The van der Waals surface area contributed by atoms with Crippen LogP contribution < -0.4 is 5.56 Å². The van der Waals surface area contributed by atoms with Gasteiger partial charge in [-0.05, 0) is 6.42 Å². The van der Waals surface area contributed by atoms with E-state index >= 15 is 0 Å². The Bertz CT molecular complexity index is 490. The van der Waals surface area contributed by atoms with E-state index in [1.165, 1.54) is 21.0 Å². The van der Waals surface area contributed by atoms with Crippen LogP contribution in [0.25, 0.3) is 0 Å². The Labute approximate surface area is 135 Å². The van der Waals surface area contributed by atoms with Crippen LogP contribution in [0.4, 0.5) is 0 Å². The van der Waals surface area contributed by atoms with Gasteiger partial charge in [0.15, 0.2) is 0 Å². The smallest absolute Gasteiger partial charge is 0.268 e. The second-order valence-electron chi connectivity index (χ2n) is 4.00. The average molecular weight is 356 g/mol. The quantitative estimate of drug-likeness (QED) is 0.448. The number of aromatic nitrogens is 1. The van der Waals surface area contributed by atoms with Gasteiger partial charge in [-0.15, -0.1) is 10.2 Å². The zero-order valence-electron chi connectivity index (χ0n) is 10.9. The van der Waals surface area contributed by atoms with E-state index in [4.69, 9.17) is 23.6 Å². The Morgan fingerprint density at radius 1 is 1.30 bits per heavy atom. The molecule has 112 valence electrons. The predicted molar refractivity (Wildman–Crippen MR) is 84.5 cm³/mol. The van der Waals surface area contributed by atoms with E-state index in [0.717, 1.165) is 37.6 Å². The zero-order chi connectivity index (χ0) is 14.8. The van der Waals surface area contributed by atoms with Crippen molar-refractivity contribution in [3.8, 4) is 0 Å². The second-order valence-corrected chi connectivity index (χ2v) is 6.58. The molecule has 0 radical (unpaired) electrons. The third-order valence-corrected chi connectivity index (χ3v) is 4.79. The molecule has 0 unspecified atom stereocenters. The van der Waals surface area contributed by atoms with E-state index in [2.05, 4.69) is 26.4 Å². The zero-order valence-corrected chi connectivity index (χ0v) is 14.1. The van der Waals surface area contributed by atoms with Crippen molar-refractivity contribution in [2.24, 2.45) is 19.5 Å². The number of hydrogen-bond donors (Lipinski definition) is 0. The summed E-state index contributed by atoms with van der Waals surface area (Å²) in [7, 11) is 0. The van der Waals surface area contributed by atoms with Crippen molar-refractivity contribution in [3.05, 3.63) is 21.8 Å². The van der Waals surface area contributed by atoms with Gasteiger partial charge < -0.3 is 0 Å². The lowest BCUT2D eigenvalue weighted by Gasteiger charge is -2.20. The number of rotatable bonds is 9. The average Bonchev–Trinajstić information content (AvgIpc) is 2.81. The van der Waals surface area contributed by atoms with E-state index in [0.29, 0.717) is 6.42 Å². The summed E-state index contributed by atoms with van der Waals surface area (Å²) in [5, 5.41) is 9.52. The van der Waals surface area contributed by atoms with Crippen LogP contribution in [-0.4, -0.2) is 8.36 Å². The standard InChI is InChI=1S/C10H15Cl2N5OS2/c1-2-3-4-5-7-10(13-15-11,14-16-12)20-17-9(18)6-8-19-17/h6,8H,2-5,7H2,1H3. The van der Waals surface area contributed by atoms with E-state index in [1.54, 1.807) is 5.38 Å². The molecule has 6 nitrogen and oxygen atoms in total. The van der Waals surface area contributed by atoms with Gasteiger partial charge >= 0.3 is 0 Å². The summed E-state index contributed by atoms with van der Waals surface area (Å²) in [4.78, 5) is 10.5. The number of unbranched alkanes of at least 4 members (excludes halogenated alkanes) is 3. The molecule has 0 spiro atoms. The molecule has 0 aliphatic rings. The molecule has 1 rings (SSSR count). The third-order valence-electron chi connectivity index (χ3n) is 2.52. The SMILES string of the molecule is CCCCCCC(N=NCl)(N=NCl)Sn1sccc1=O. The van der Waals surface area contributed by atoms with Crippen molar-refractivity contribution >= 4 is 47.0 Å². The maximum absolute atomic E-state index is 11.6. The van der Waals surface area contributed by atoms with E-state index in [1.807, 2.05) is 0 Å². The topological polar surface area (TPSA) is 71.4 Å². The van der Waals surface area contributed by atoms with Crippen LogP contribution in [0.5, 0.6) is 0 Å². The summed E-state index contributed by atoms with van der Waals surface area (Å²) in [6.07, 6.45) is 4.70. The summed E-state index contributed by atoms with van der Waals surface area (Å²) >= 11 is 13.1. The molecule has 0 saturated carbocycles. The molecule has 20 heavy (non-hydrogen) atoms. The van der Waals surface area contributed by atoms with Gasteiger partial charge in [-0.1, -0.05) is 47.0 Å². The largest absolute Gasteiger partial charge is 0.271 e. The van der Waals surface area contributed by atoms with Gasteiger partial charge in [-0.3, -0.25) is 4.79 Å². The summed E-state index contributed by atoms with van der Waals surface area (Å²) in [5.74, 6) is 0. The molecule has 1 aromatic heterocycles. The van der Waals surface area contributed by atoms with Crippen molar-refractivity contribution in [2.75, 3.05) is 0 Å². The maximum atomic E-state index is 11.6. The molecule has 0 N–H and O–H groups in total. The van der Waals surface area contributed by atoms with Crippen LogP contribution >= 0.6 is 47.0 Å². The molecule has 0 aliphatic heterocycles. The first-order chi connectivity index (χ1) is 9.67. The fourth-order valence-corrected chi connectivity index (χ4v) is 3.84. The number of nitrogens with zero attached hydrogens (tertiary/aromatic N) is 5. The number of halogens is 2. The Hall–Kier alpha value is -0.440. The minimum Gasteiger partial charge on any atom is -0.268 e. The van der Waals surface area contributed by atoms with Gasteiger partial charge in [0.05, 0.1) is 23.6 Å². The number of hydrogen-bond acceptors (Lipinski definition) is 7. The Morgan fingerprint density at radius 3 is 2.50 bits per heavy atom. The minimum atomic E-state index is -1.09. The lowest BCUT2D eigenvalue weighted by atomic mass is 10.1. The second kappa shape index (κ2) is 9.49. The first kappa shape index (κ1) is 17.6. The highest BCUT2D eigenvalue weighted by molar-refractivity contribution is 8.00. The van der Waals surface area contributed by atoms with E-state index in [9.17, 15) is 4.79 Å². The summed E-state index contributed by atoms with van der Waals surface area (Å²) in [6.45, 7) is 2.13. The van der Waals surface area contributed by atoms with Gasteiger partial charge in [0.2, 0.25) is 0 Å². The highest BCUT2D eigenvalue weighted by Crippen LogP contribution is 2.36. The molecule has 0 aliphatic carbocycles. The normalized spacial score (nSPS) is 15.2. The predicted octanol–water partition coefficient (Wildman–Crippen LogP) is 5.24. The molecule has 0 amide bonds. The fraction of sp³-hybridized carbons (Fsp3) is 0.700. The highest BCUT2D eigenvalue weighted by Gasteiger charge is 2.33. The van der Waals surface area contributed by atoms with Gasteiger partial charge in [0.25, 0.3) is 10.6 Å². The maximum Gasteiger partial charge on any atom is 0.271 e. The van der Waals surface area contributed by atoms with Gasteiger partial charge in [-0.2, -0.15) is 3.36 Å². The van der Waals surface area contributed by atoms with Crippen LogP contribution in [0.1, 0.15) is 39.0 Å². The first-order valence-corrected chi connectivity index (χ1v) is 8.39. The monoisotopic (exact) mass is 355 g/mol. The van der Waals surface area contributed by atoms with Crippen LogP contribution in [0.15, 0.2) is 35.7 Å². The molecular formula is C10H15Cl2N5OS2. The van der Waals surface area contributed by atoms with Crippen LogP contribution in [-0.2, 0) is 0 Å². The fourth-order valence-electron chi connectivity index (χ4n) is 1.56. The van der Waals surface area contributed by atoms with Crippen LogP contribution in [0, 0.1) is 0 Å². The van der Waals surface area contributed by atoms with Crippen molar-refractivity contribution in [2.45, 2.75) is 44.0 Å². The third kappa shape index (κ3) is 5.51. The van der Waals surface area contributed by atoms with Crippen molar-refractivity contribution in [1.29, 1.82) is 0 Å². The molecule has 1 heterocycles. The van der Waals surface area contributed by atoms with Gasteiger partial charge in [0.1, 0.15) is 0 Å². The molecule has 0 atom stereocenters. The molecule has 0 aromatic carbocycles. The van der Waals surface area contributed by atoms with Crippen molar-refractivity contribution < 1.29 is 0 Å². The Kier molecular flexibility index (Phi) is 8.35. The minimum absolute atomic E-state index is 0.146. The summed E-state index contributed by atoms with van der Waals surface area (Å²) in [6, 6.07) is 1.47. The molecule has 0 saturated heterocycles.